The fourth-order valence-corrected chi connectivity index (χ4v) is 4.35. The van der Waals surface area contributed by atoms with Gasteiger partial charge in [0.15, 0.2) is 23.1 Å². The molecule has 7 nitrogen and oxygen atoms in total. The van der Waals surface area contributed by atoms with Gasteiger partial charge in [-0.25, -0.2) is 19.0 Å². The van der Waals surface area contributed by atoms with Crippen molar-refractivity contribution >= 4 is 22.7 Å². The average Bonchev–Trinajstić information content (AvgIpc) is 3.42. The first-order valence-electron chi connectivity index (χ1n) is 11.0. The summed E-state index contributed by atoms with van der Waals surface area (Å²) in [5, 5.41) is 5.23. The Kier molecular flexibility index (Phi) is 6.47. The number of thioether (sulfide) groups is 1. The van der Waals surface area contributed by atoms with Crippen LogP contribution in [0.25, 0.3) is 39.2 Å². The number of methoxy groups -OCH3 is 3. The molecule has 0 aliphatic carbocycles. The van der Waals surface area contributed by atoms with E-state index in [-0.39, 0.29) is 5.75 Å². The number of ether oxygens (including phenoxy) is 3. The number of benzene rings is 3. The summed E-state index contributed by atoms with van der Waals surface area (Å²) in [5.41, 5.74) is 3.83. The highest BCUT2D eigenvalue weighted by molar-refractivity contribution is 7.98. The van der Waals surface area contributed by atoms with Crippen LogP contribution in [0.3, 0.4) is 0 Å². The van der Waals surface area contributed by atoms with Gasteiger partial charge in [-0.1, -0.05) is 12.1 Å². The number of aromatic nitrogens is 4. The summed E-state index contributed by atoms with van der Waals surface area (Å²) in [6, 6.07) is 16.5. The van der Waals surface area contributed by atoms with E-state index in [0.29, 0.717) is 39.6 Å². The van der Waals surface area contributed by atoms with E-state index in [4.69, 9.17) is 24.2 Å². The second-order valence-electron chi connectivity index (χ2n) is 7.85. The topological polar surface area (TPSA) is 71.3 Å². The molecule has 0 bridgehead atoms. The quantitative estimate of drug-likeness (QED) is 0.251. The van der Waals surface area contributed by atoms with Crippen LogP contribution in [0.4, 0.5) is 4.39 Å². The van der Waals surface area contributed by atoms with Gasteiger partial charge in [-0.05, 0) is 48.2 Å². The third-order valence-corrected chi connectivity index (χ3v) is 6.57. The van der Waals surface area contributed by atoms with Gasteiger partial charge in [0.25, 0.3) is 5.95 Å². The summed E-state index contributed by atoms with van der Waals surface area (Å²) in [5.74, 6) is 1.10. The van der Waals surface area contributed by atoms with Gasteiger partial charge in [0, 0.05) is 33.7 Å². The van der Waals surface area contributed by atoms with Crippen LogP contribution in [0.2, 0.25) is 0 Å². The maximum Gasteiger partial charge on any atom is 0.251 e. The van der Waals surface area contributed by atoms with E-state index in [2.05, 4.69) is 29.4 Å². The van der Waals surface area contributed by atoms with Crippen molar-refractivity contribution in [2.45, 2.75) is 4.90 Å². The van der Waals surface area contributed by atoms with Gasteiger partial charge < -0.3 is 14.2 Å². The van der Waals surface area contributed by atoms with Gasteiger partial charge in [-0.2, -0.15) is 5.10 Å². The first kappa shape index (κ1) is 23.6. The minimum Gasteiger partial charge on any atom is -0.494 e. The van der Waals surface area contributed by atoms with Crippen molar-refractivity contribution in [2.24, 2.45) is 0 Å². The molecule has 182 valence electrons. The Morgan fingerprint density at radius 2 is 1.47 bits per heavy atom. The number of hydrogen-bond acceptors (Lipinski definition) is 7. The first-order valence-corrected chi connectivity index (χ1v) is 12.2. The lowest BCUT2D eigenvalue weighted by Gasteiger charge is -2.13. The zero-order valence-electron chi connectivity index (χ0n) is 20.2. The summed E-state index contributed by atoms with van der Waals surface area (Å²) in [7, 11) is 4.56. The predicted molar refractivity (Wildman–Crippen MR) is 139 cm³/mol. The molecule has 5 rings (SSSR count). The van der Waals surface area contributed by atoms with Crippen LogP contribution in [0.5, 0.6) is 17.2 Å². The zero-order chi connectivity index (χ0) is 25.2. The number of fused-ring (bicyclic) bond motifs is 1. The van der Waals surface area contributed by atoms with Gasteiger partial charge in [0.1, 0.15) is 0 Å². The number of rotatable bonds is 7. The average molecular weight is 503 g/mol. The monoisotopic (exact) mass is 502 g/mol. The Balaban J connectivity index is 1.69. The smallest absolute Gasteiger partial charge is 0.251 e. The number of halogens is 1. The van der Waals surface area contributed by atoms with Crippen LogP contribution >= 0.6 is 11.8 Å². The molecule has 0 spiro atoms. The molecule has 0 aliphatic heterocycles. The maximum atomic E-state index is 14.2. The molecule has 0 saturated carbocycles. The van der Waals surface area contributed by atoms with Crippen molar-refractivity contribution < 1.29 is 18.6 Å². The molecule has 3 aromatic carbocycles. The second-order valence-corrected chi connectivity index (χ2v) is 8.73. The highest BCUT2D eigenvalue weighted by Gasteiger charge is 2.17. The van der Waals surface area contributed by atoms with Crippen molar-refractivity contribution in [1.29, 1.82) is 0 Å². The molecule has 0 aliphatic rings. The molecule has 0 amide bonds. The Bertz CT molecular complexity index is 1550. The molecule has 0 unspecified atom stereocenters. The lowest BCUT2D eigenvalue weighted by Crippen LogP contribution is -2.04. The molecular formula is C27H23FN4O3S. The minimum atomic E-state index is -0.455. The van der Waals surface area contributed by atoms with E-state index in [9.17, 15) is 4.39 Å². The lowest BCUT2D eigenvalue weighted by molar-refractivity contribution is 0.356. The Labute approximate surface area is 211 Å². The number of hydrogen-bond donors (Lipinski definition) is 0. The third kappa shape index (κ3) is 4.33. The van der Waals surface area contributed by atoms with E-state index in [1.165, 1.54) is 18.1 Å². The molecule has 0 N–H and O–H groups in total. The SMILES string of the molecule is COc1cc(-c2nc(-n3cc(-c4ccc(SC)cc4)cn3)nc3cc(OC)c(OC)cc23)ccc1F. The molecular weight excluding hydrogens is 479 g/mol. The van der Waals surface area contributed by atoms with E-state index >= 15 is 0 Å². The largest absolute Gasteiger partial charge is 0.494 e. The van der Waals surface area contributed by atoms with Gasteiger partial charge >= 0.3 is 0 Å². The molecule has 0 atom stereocenters. The van der Waals surface area contributed by atoms with Crippen LogP contribution in [0.15, 0.2) is 71.9 Å². The molecule has 36 heavy (non-hydrogen) atoms. The van der Waals surface area contributed by atoms with E-state index in [1.54, 1.807) is 55.1 Å². The maximum absolute atomic E-state index is 14.2. The van der Waals surface area contributed by atoms with Crippen LogP contribution in [-0.4, -0.2) is 47.3 Å². The summed E-state index contributed by atoms with van der Waals surface area (Å²) in [4.78, 5) is 10.8. The van der Waals surface area contributed by atoms with Crippen LogP contribution in [0, 0.1) is 5.82 Å². The van der Waals surface area contributed by atoms with Crippen molar-refractivity contribution in [3.63, 3.8) is 0 Å². The summed E-state index contributed by atoms with van der Waals surface area (Å²) in [6.45, 7) is 0. The van der Waals surface area contributed by atoms with E-state index in [1.807, 2.05) is 18.5 Å². The second kappa shape index (κ2) is 9.87. The lowest BCUT2D eigenvalue weighted by atomic mass is 10.1. The number of nitrogens with zero attached hydrogens (tertiary/aromatic N) is 4. The van der Waals surface area contributed by atoms with Crippen molar-refractivity contribution in [1.82, 2.24) is 19.7 Å². The van der Waals surface area contributed by atoms with E-state index < -0.39 is 5.82 Å². The summed E-state index contributed by atoms with van der Waals surface area (Å²) >= 11 is 1.69. The third-order valence-electron chi connectivity index (χ3n) is 5.82. The molecule has 2 heterocycles. The molecule has 2 aromatic heterocycles. The summed E-state index contributed by atoms with van der Waals surface area (Å²) in [6.07, 6.45) is 5.70. The highest BCUT2D eigenvalue weighted by Crippen LogP contribution is 2.37. The Hall–Kier alpha value is -4.11. The van der Waals surface area contributed by atoms with Crippen molar-refractivity contribution in [3.8, 4) is 45.6 Å². The predicted octanol–water partition coefficient (Wildman–Crippen LogP) is 6.04. The fourth-order valence-electron chi connectivity index (χ4n) is 3.94. The Morgan fingerprint density at radius 1 is 0.778 bits per heavy atom. The molecule has 5 aromatic rings. The van der Waals surface area contributed by atoms with Gasteiger partial charge in [0.2, 0.25) is 0 Å². The van der Waals surface area contributed by atoms with Gasteiger partial charge in [-0.3, -0.25) is 0 Å². The Morgan fingerprint density at radius 3 is 2.17 bits per heavy atom. The van der Waals surface area contributed by atoms with Crippen molar-refractivity contribution in [3.05, 3.63) is 72.8 Å². The normalized spacial score (nSPS) is 11.0. The summed E-state index contributed by atoms with van der Waals surface area (Å²) < 4.78 is 32.0. The first-order chi connectivity index (χ1) is 17.5. The molecule has 0 radical (unpaired) electrons. The molecule has 0 fully saturated rings. The standard InChI is InChI=1S/C27H23FN4O3S/c1-33-23-11-17(7-10-21(23)28)26-20-12-24(34-2)25(35-3)13-22(20)30-27(31-26)32-15-18(14-29-32)16-5-8-19(36-4)9-6-16/h5-15H,1-4H3. The zero-order valence-corrected chi connectivity index (χ0v) is 21.0. The minimum absolute atomic E-state index is 0.122. The van der Waals surface area contributed by atoms with E-state index in [0.717, 1.165) is 11.1 Å². The van der Waals surface area contributed by atoms with Gasteiger partial charge in [-0.15, -0.1) is 11.8 Å². The van der Waals surface area contributed by atoms with Crippen LogP contribution in [-0.2, 0) is 0 Å². The fraction of sp³-hybridized carbons (Fsp3) is 0.148. The molecule has 0 saturated heterocycles. The highest BCUT2D eigenvalue weighted by atomic mass is 32.2. The van der Waals surface area contributed by atoms with Gasteiger partial charge in [0.05, 0.1) is 38.7 Å². The van der Waals surface area contributed by atoms with Crippen LogP contribution in [0.1, 0.15) is 0 Å². The van der Waals surface area contributed by atoms with Crippen LogP contribution < -0.4 is 14.2 Å². The molecule has 9 heteroatoms. The van der Waals surface area contributed by atoms with Crippen molar-refractivity contribution in [2.75, 3.05) is 27.6 Å².